The molecule has 1 amide bonds. The van der Waals surface area contributed by atoms with E-state index in [-0.39, 0.29) is 11.9 Å². The van der Waals surface area contributed by atoms with Crippen LogP contribution in [0.2, 0.25) is 0 Å². The normalized spacial score (nSPS) is 20.4. The molecule has 1 atom stereocenters. The lowest BCUT2D eigenvalue weighted by Gasteiger charge is -2.33. The second-order valence-corrected chi connectivity index (χ2v) is 8.00. The number of benzene rings is 2. The van der Waals surface area contributed by atoms with Crippen molar-refractivity contribution in [3.63, 3.8) is 0 Å². The molecule has 2 heterocycles. The summed E-state index contributed by atoms with van der Waals surface area (Å²) < 4.78 is 5.43. The Morgan fingerprint density at radius 1 is 1.03 bits per heavy atom. The molecule has 2 aliphatic heterocycles. The number of piperidine rings is 1. The third-order valence-corrected chi connectivity index (χ3v) is 5.88. The summed E-state index contributed by atoms with van der Waals surface area (Å²) in [6, 6.07) is 18.8. The van der Waals surface area contributed by atoms with Crippen LogP contribution in [0.25, 0.3) is 0 Å². The number of hydrogen-bond acceptors (Lipinski definition) is 4. The number of anilines is 1. The molecule has 0 aromatic heterocycles. The highest BCUT2D eigenvalue weighted by atomic mass is 16.5. The molecule has 2 saturated heterocycles. The summed E-state index contributed by atoms with van der Waals surface area (Å²) in [6.07, 6.45) is 3.24. The van der Waals surface area contributed by atoms with Crippen LogP contribution in [0.3, 0.4) is 0 Å². The van der Waals surface area contributed by atoms with Crippen LogP contribution in [-0.2, 0) is 11.2 Å². The lowest BCUT2D eigenvalue weighted by molar-refractivity contribution is 0.0904. The van der Waals surface area contributed by atoms with Gasteiger partial charge in [-0.15, -0.1) is 0 Å². The fraction of sp³-hybridized carbons (Fsp3) is 0.458. The van der Waals surface area contributed by atoms with Crippen molar-refractivity contribution in [1.82, 2.24) is 10.2 Å². The van der Waals surface area contributed by atoms with Crippen molar-refractivity contribution >= 4 is 11.6 Å². The highest BCUT2D eigenvalue weighted by Gasteiger charge is 2.22. The molecule has 2 aromatic rings. The summed E-state index contributed by atoms with van der Waals surface area (Å²) in [7, 11) is 0. The first-order valence-corrected chi connectivity index (χ1v) is 10.8. The molecule has 0 saturated carbocycles. The Labute approximate surface area is 173 Å². The molecule has 0 spiro atoms. The maximum absolute atomic E-state index is 12.9. The number of rotatable bonds is 6. The molecule has 4 rings (SSSR count). The number of likely N-dealkylation sites (tertiary alicyclic amines) is 1. The van der Waals surface area contributed by atoms with E-state index in [1.165, 1.54) is 5.56 Å². The van der Waals surface area contributed by atoms with Crippen LogP contribution in [0, 0.1) is 0 Å². The van der Waals surface area contributed by atoms with E-state index < -0.39 is 0 Å². The lowest BCUT2D eigenvalue weighted by Crippen LogP contribution is -2.48. The molecule has 0 radical (unpaired) electrons. The van der Waals surface area contributed by atoms with Gasteiger partial charge in [0.15, 0.2) is 0 Å². The largest absolute Gasteiger partial charge is 0.378 e. The molecular weight excluding hydrogens is 362 g/mol. The molecule has 2 aliphatic rings. The first-order valence-electron chi connectivity index (χ1n) is 10.8. The molecule has 5 heteroatoms. The van der Waals surface area contributed by atoms with Gasteiger partial charge in [-0.1, -0.05) is 36.4 Å². The minimum Gasteiger partial charge on any atom is -0.378 e. The summed E-state index contributed by atoms with van der Waals surface area (Å²) in [5.74, 6) is 0.0371. The standard InChI is InChI=1S/C24H31N3O2/c28-24(21-8-4-10-23(18-21)27-14-16-29-17-15-27)25-22-9-5-12-26(19-22)13-11-20-6-2-1-3-7-20/h1-4,6-8,10,18,22H,5,9,11-17,19H2,(H,25,28)/t22-/m0/s1. The minimum absolute atomic E-state index is 0.0371. The van der Waals surface area contributed by atoms with E-state index in [0.29, 0.717) is 0 Å². The van der Waals surface area contributed by atoms with Gasteiger partial charge in [0, 0.05) is 43.5 Å². The molecule has 1 N–H and O–H groups in total. The molecule has 0 unspecified atom stereocenters. The monoisotopic (exact) mass is 393 g/mol. The number of ether oxygens (including phenoxy) is 1. The van der Waals surface area contributed by atoms with Gasteiger partial charge in [0.2, 0.25) is 0 Å². The van der Waals surface area contributed by atoms with Crippen LogP contribution in [0.5, 0.6) is 0 Å². The van der Waals surface area contributed by atoms with Gasteiger partial charge in [0.05, 0.1) is 13.2 Å². The number of nitrogens with one attached hydrogen (secondary N) is 1. The van der Waals surface area contributed by atoms with Crippen molar-refractivity contribution in [3.05, 3.63) is 65.7 Å². The zero-order chi connectivity index (χ0) is 19.9. The van der Waals surface area contributed by atoms with Crippen molar-refractivity contribution in [2.75, 3.05) is 50.8 Å². The predicted octanol–water partition coefficient (Wildman–Crippen LogP) is 2.96. The second-order valence-electron chi connectivity index (χ2n) is 8.00. The van der Waals surface area contributed by atoms with Crippen LogP contribution in [0.4, 0.5) is 5.69 Å². The van der Waals surface area contributed by atoms with E-state index in [4.69, 9.17) is 4.74 Å². The molecule has 5 nitrogen and oxygen atoms in total. The van der Waals surface area contributed by atoms with E-state index in [9.17, 15) is 4.79 Å². The molecular formula is C24H31N3O2. The Balaban J connectivity index is 1.30. The summed E-state index contributed by atoms with van der Waals surface area (Å²) >= 11 is 0. The maximum Gasteiger partial charge on any atom is 0.251 e. The predicted molar refractivity (Wildman–Crippen MR) is 117 cm³/mol. The van der Waals surface area contributed by atoms with Crippen LogP contribution in [0.1, 0.15) is 28.8 Å². The molecule has 2 aromatic carbocycles. The Kier molecular flexibility index (Phi) is 6.80. The molecule has 29 heavy (non-hydrogen) atoms. The number of hydrogen-bond donors (Lipinski definition) is 1. The number of carbonyl (C=O) groups excluding carboxylic acids is 1. The molecule has 154 valence electrons. The average Bonchev–Trinajstić information content (AvgIpc) is 2.79. The van der Waals surface area contributed by atoms with Gasteiger partial charge in [0.25, 0.3) is 5.91 Å². The van der Waals surface area contributed by atoms with Gasteiger partial charge in [-0.3, -0.25) is 4.79 Å². The Bertz CT molecular complexity index is 790. The van der Waals surface area contributed by atoms with Crippen LogP contribution >= 0.6 is 0 Å². The fourth-order valence-electron chi connectivity index (χ4n) is 4.24. The molecule has 0 bridgehead atoms. The Morgan fingerprint density at radius 3 is 2.69 bits per heavy atom. The second kappa shape index (κ2) is 9.90. The smallest absolute Gasteiger partial charge is 0.251 e. The lowest BCUT2D eigenvalue weighted by atomic mass is 10.0. The van der Waals surface area contributed by atoms with E-state index in [1.54, 1.807) is 0 Å². The van der Waals surface area contributed by atoms with E-state index in [2.05, 4.69) is 51.5 Å². The fourth-order valence-corrected chi connectivity index (χ4v) is 4.24. The zero-order valence-electron chi connectivity index (χ0n) is 17.1. The summed E-state index contributed by atoms with van der Waals surface area (Å²) in [4.78, 5) is 17.6. The van der Waals surface area contributed by atoms with Gasteiger partial charge < -0.3 is 19.9 Å². The summed E-state index contributed by atoms with van der Waals surface area (Å²) in [5.41, 5.74) is 3.23. The SMILES string of the molecule is O=C(N[C@H]1CCCN(CCc2ccccc2)C1)c1cccc(N2CCOCC2)c1. The number of morpholine rings is 1. The van der Waals surface area contributed by atoms with Crippen molar-refractivity contribution in [1.29, 1.82) is 0 Å². The van der Waals surface area contributed by atoms with Gasteiger partial charge in [-0.2, -0.15) is 0 Å². The molecule has 0 aliphatic carbocycles. The van der Waals surface area contributed by atoms with Crippen molar-refractivity contribution in [2.24, 2.45) is 0 Å². The number of nitrogens with zero attached hydrogens (tertiary/aromatic N) is 2. The van der Waals surface area contributed by atoms with Crippen LogP contribution in [-0.4, -0.2) is 62.8 Å². The van der Waals surface area contributed by atoms with Gasteiger partial charge in [0.1, 0.15) is 0 Å². The highest BCUT2D eigenvalue weighted by Crippen LogP contribution is 2.18. The average molecular weight is 394 g/mol. The van der Waals surface area contributed by atoms with E-state index in [0.717, 1.165) is 76.5 Å². The maximum atomic E-state index is 12.9. The Hall–Kier alpha value is -2.37. The third kappa shape index (κ3) is 5.58. The van der Waals surface area contributed by atoms with Crippen molar-refractivity contribution in [3.8, 4) is 0 Å². The van der Waals surface area contributed by atoms with Gasteiger partial charge >= 0.3 is 0 Å². The van der Waals surface area contributed by atoms with Crippen molar-refractivity contribution in [2.45, 2.75) is 25.3 Å². The Morgan fingerprint density at radius 2 is 1.86 bits per heavy atom. The van der Waals surface area contributed by atoms with Crippen LogP contribution in [0.15, 0.2) is 54.6 Å². The summed E-state index contributed by atoms with van der Waals surface area (Å²) in [5, 5.41) is 3.27. The van der Waals surface area contributed by atoms with Gasteiger partial charge in [-0.05, 0) is 49.6 Å². The van der Waals surface area contributed by atoms with Crippen LogP contribution < -0.4 is 10.2 Å². The first kappa shape index (κ1) is 19.9. The van der Waals surface area contributed by atoms with Gasteiger partial charge in [-0.25, -0.2) is 0 Å². The minimum atomic E-state index is 0.0371. The van der Waals surface area contributed by atoms with E-state index >= 15 is 0 Å². The summed E-state index contributed by atoms with van der Waals surface area (Å²) in [6.45, 7) is 6.35. The quantitative estimate of drug-likeness (QED) is 0.820. The molecule has 2 fully saturated rings. The zero-order valence-corrected chi connectivity index (χ0v) is 17.1. The highest BCUT2D eigenvalue weighted by molar-refractivity contribution is 5.95. The first-order chi connectivity index (χ1) is 14.3. The number of amides is 1. The van der Waals surface area contributed by atoms with Crippen molar-refractivity contribution < 1.29 is 9.53 Å². The topological polar surface area (TPSA) is 44.8 Å². The third-order valence-electron chi connectivity index (χ3n) is 5.88. The van der Waals surface area contributed by atoms with E-state index in [1.807, 2.05) is 18.2 Å². The number of carbonyl (C=O) groups is 1.